The summed E-state index contributed by atoms with van der Waals surface area (Å²) in [5, 5.41) is 18.1. The fourth-order valence-electron chi connectivity index (χ4n) is 2.19. The van der Waals surface area contributed by atoms with Gasteiger partial charge in [0, 0.05) is 12.2 Å². The van der Waals surface area contributed by atoms with E-state index < -0.39 is 24.6 Å². The molecule has 0 radical (unpaired) electrons. The second-order valence-electron chi connectivity index (χ2n) is 4.72. The van der Waals surface area contributed by atoms with Crippen LogP contribution in [0.3, 0.4) is 0 Å². The van der Waals surface area contributed by atoms with Gasteiger partial charge in [-0.05, 0) is 12.1 Å². The molecule has 1 atom stereocenters. The summed E-state index contributed by atoms with van der Waals surface area (Å²) in [4.78, 5) is 26.3. The highest BCUT2D eigenvalue weighted by molar-refractivity contribution is 5.96. The first kappa shape index (κ1) is 15.3. The average molecular weight is 294 g/mol. The van der Waals surface area contributed by atoms with Gasteiger partial charge in [-0.25, -0.2) is 4.79 Å². The smallest absolute Gasteiger partial charge is 0.325 e. The number of carbonyl (C=O) groups is 2. The van der Waals surface area contributed by atoms with Crippen LogP contribution in [-0.4, -0.2) is 66.1 Å². The first-order valence-electron chi connectivity index (χ1n) is 6.67. The summed E-state index contributed by atoms with van der Waals surface area (Å²) in [7, 11) is 0. The molecule has 114 valence electrons. The lowest BCUT2D eigenvalue weighted by Gasteiger charge is -2.35. The molecule has 7 nitrogen and oxygen atoms in total. The predicted octanol–water partition coefficient (Wildman–Crippen LogP) is 0.391. The number of para-hydroxylation sites is 1. The number of amides is 2. The van der Waals surface area contributed by atoms with Gasteiger partial charge in [0.15, 0.2) is 0 Å². The van der Waals surface area contributed by atoms with Gasteiger partial charge in [0.25, 0.3) is 0 Å². The number of aliphatic hydroxyl groups excluding tert-OH is 1. The molecule has 1 unspecified atom stereocenters. The van der Waals surface area contributed by atoms with Gasteiger partial charge in [-0.2, -0.15) is 0 Å². The van der Waals surface area contributed by atoms with Crippen molar-refractivity contribution in [1.82, 2.24) is 4.90 Å². The first-order valence-corrected chi connectivity index (χ1v) is 6.67. The van der Waals surface area contributed by atoms with Crippen LogP contribution in [0.5, 0.6) is 0 Å². The van der Waals surface area contributed by atoms with E-state index in [1.807, 2.05) is 0 Å². The molecule has 1 fully saturated rings. The molecule has 1 aliphatic heterocycles. The molecule has 1 saturated heterocycles. The number of hydrogen-bond donors (Lipinski definition) is 2. The summed E-state index contributed by atoms with van der Waals surface area (Å²) < 4.78 is 5.30. The van der Waals surface area contributed by atoms with Gasteiger partial charge in [-0.15, -0.1) is 0 Å². The van der Waals surface area contributed by atoms with Crippen molar-refractivity contribution in [2.24, 2.45) is 0 Å². The molecular formula is C14H18N2O5. The van der Waals surface area contributed by atoms with Gasteiger partial charge in [0.05, 0.1) is 25.9 Å². The molecule has 1 aliphatic rings. The number of morpholine rings is 1. The third kappa shape index (κ3) is 3.93. The summed E-state index contributed by atoms with van der Waals surface area (Å²) in [6.07, 6.45) is -0.426. The first-order chi connectivity index (χ1) is 10.1. The van der Waals surface area contributed by atoms with Crippen molar-refractivity contribution in [3.8, 4) is 0 Å². The summed E-state index contributed by atoms with van der Waals surface area (Å²) >= 11 is 0. The Labute approximate surface area is 122 Å². The van der Waals surface area contributed by atoms with Crippen molar-refractivity contribution >= 4 is 17.7 Å². The highest BCUT2D eigenvalue weighted by Gasteiger charge is 2.29. The number of aliphatic hydroxyl groups is 1. The minimum absolute atomic E-state index is 0.173. The number of aliphatic carboxylic acids is 1. The molecule has 0 aromatic heterocycles. The van der Waals surface area contributed by atoms with E-state index in [1.54, 1.807) is 30.3 Å². The number of urea groups is 1. The molecule has 1 aromatic carbocycles. The van der Waals surface area contributed by atoms with E-state index in [-0.39, 0.29) is 13.2 Å². The third-order valence-electron chi connectivity index (χ3n) is 3.21. The van der Waals surface area contributed by atoms with Crippen LogP contribution in [0.2, 0.25) is 0 Å². The van der Waals surface area contributed by atoms with Crippen molar-refractivity contribution in [1.29, 1.82) is 0 Å². The van der Waals surface area contributed by atoms with Crippen molar-refractivity contribution in [2.45, 2.75) is 6.10 Å². The fraction of sp³-hybridized carbons (Fsp3) is 0.429. The maximum Gasteiger partial charge on any atom is 0.325 e. The number of nitrogens with zero attached hydrogens (tertiary/aromatic N) is 2. The number of anilines is 1. The summed E-state index contributed by atoms with van der Waals surface area (Å²) in [5.41, 5.74) is 0.525. The molecule has 2 N–H and O–H groups in total. The molecule has 0 spiro atoms. The van der Waals surface area contributed by atoms with Crippen molar-refractivity contribution in [2.75, 3.05) is 37.7 Å². The van der Waals surface area contributed by atoms with Gasteiger partial charge >= 0.3 is 12.0 Å². The summed E-state index contributed by atoms with van der Waals surface area (Å²) in [6.45, 7) is 0.362. The van der Waals surface area contributed by atoms with E-state index in [0.717, 1.165) is 0 Å². The maximum atomic E-state index is 12.5. The number of ether oxygens (including phenoxy) is 1. The molecule has 7 heteroatoms. The van der Waals surface area contributed by atoms with Crippen LogP contribution in [0.15, 0.2) is 30.3 Å². The fourth-order valence-corrected chi connectivity index (χ4v) is 2.19. The zero-order chi connectivity index (χ0) is 15.2. The van der Waals surface area contributed by atoms with Crippen LogP contribution < -0.4 is 4.90 Å². The Kier molecular flexibility index (Phi) is 5.13. The van der Waals surface area contributed by atoms with E-state index in [4.69, 9.17) is 14.9 Å². The number of carboxylic acid groups (broad SMARTS) is 1. The molecule has 0 saturated carbocycles. The Bertz CT molecular complexity index is 493. The minimum atomic E-state index is -1.08. The zero-order valence-electron chi connectivity index (χ0n) is 11.5. The maximum absolute atomic E-state index is 12.5. The highest BCUT2D eigenvalue weighted by atomic mass is 16.5. The molecular weight excluding hydrogens is 276 g/mol. The monoisotopic (exact) mass is 294 g/mol. The molecule has 2 rings (SSSR count). The third-order valence-corrected chi connectivity index (χ3v) is 3.21. The van der Waals surface area contributed by atoms with Crippen molar-refractivity contribution in [3.63, 3.8) is 0 Å². The number of rotatable bonds is 4. The van der Waals surface area contributed by atoms with Crippen molar-refractivity contribution < 1.29 is 24.5 Å². The summed E-state index contributed by atoms with van der Waals surface area (Å²) in [5.74, 6) is -1.08. The molecule has 2 amide bonds. The quantitative estimate of drug-likeness (QED) is 0.838. The van der Waals surface area contributed by atoms with E-state index in [0.29, 0.717) is 18.8 Å². The largest absolute Gasteiger partial charge is 0.480 e. The minimum Gasteiger partial charge on any atom is -0.480 e. The standard InChI is InChI=1S/C14H18N2O5/c17-10-12-8-15(6-7-21-12)14(20)16(9-13(18)19)11-4-2-1-3-5-11/h1-5,12,17H,6-10H2,(H,18,19). The summed E-state index contributed by atoms with van der Waals surface area (Å²) in [6, 6.07) is 8.25. The predicted molar refractivity (Wildman–Crippen MR) is 75.2 cm³/mol. The lowest BCUT2D eigenvalue weighted by molar-refractivity contribution is -0.135. The highest BCUT2D eigenvalue weighted by Crippen LogP contribution is 2.17. The van der Waals surface area contributed by atoms with E-state index in [2.05, 4.69) is 0 Å². The van der Waals surface area contributed by atoms with E-state index >= 15 is 0 Å². The Morgan fingerprint density at radius 1 is 1.33 bits per heavy atom. The topological polar surface area (TPSA) is 90.3 Å². The van der Waals surface area contributed by atoms with Crippen LogP contribution in [0.25, 0.3) is 0 Å². The lowest BCUT2D eigenvalue weighted by Crippen LogP contribution is -2.53. The second-order valence-corrected chi connectivity index (χ2v) is 4.72. The van der Waals surface area contributed by atoms with E-state index in [1.165, 1.54) is 9.80 Å². The molecule has 0 bridgehead atoms. The molecule has 1 aromatic rings. The van der Waals surface area contributed by atoms with Crippen LogP contribution in [0.4, 0.5) is 10.5 Å². The van der Waals surface area contributed by atoms with Gasteiger partial charge in [0.2, 0.25) is 0 Å². The van der Waals surface area contributed by atoms with E-state index in [9.17, 15) is 9.59 Å². The van der Waals surface area contributed by atoms with Gasteiger partial charge in [-0.3, -0.25) is 9.69 Å². The van der Waals surface area contributed by atoms with Gasteiger partial charge in [0.1, 0.15) is 6.54 Å². The van der Waals surface area contributed by atoms with Crippen LogP contribution in [0.1, 0.15) is 0 Å². The average Bonchev–Trinajstić information content (AvgIpc) is 2.52. The van der Waals surface area contributed by atoms with Crippen molar-refractivity contribution in [3.05, 3.63) is 30.3 Å². The Morgan fingerprint density at radius 2 is 2.05 bits per heavy atom. The molecule has 1 heterocycles. The number of hydrogen-bond acceptors (Lipinski definition) is 4. The zero-order valence-corrected chi connectivity index (χ0v) is 11.5. The van der Waals surface area contributed by atoms with Crippen LogP contribution >= 0.6 is 0 Å². The number of benzene rings is 1. The Hall–Kier alpha value is -2.12. The van der Waals surface area contributed by atoms with Crippen LogP contribution in [-0.2, 0) is 9.53 Å². The SMILES string of the molecule is O=C(O)CN(C(=O)N1CCOC(CO)C1)c1ccccc1. The van der Waals surface area contributed by atoms with Crippen LogP contribution in [0, 0.1) is 0 Å². The number of carboxylic acids is 1. The Morgan fingerprint density at radius 3 is 2.67 bits per heavy atom. The molecule has 21 heavy (non-hydrogen) atoms. The lowest BCUT2D eigenvalue weighted by atomic mass is 10.2. The normalized spacial score (nSPS) is 18.3. The van der Waals surface area contributed by atoms with Gasteiger partial charge in [-0.1, -0.05) is 18.2 Å². The molecule has 0 aliphatic carbocycles. The van der Waals surface area contributed by atoms with Gasteiger partial charge < -0.3 is 19.8 Å². The second kappa shape index (κ2) is 7.05. The Balaban J connectivity index is 2.16. The number of carbonyl (C=O) groups excluding carboxylic acids is 1.